The topological polar surface area (TPSA) is 43.8 Å². The van der Waals surface area contributed by atoms with Crippen LogP contribution in [-0.4, -0.2) is 9.55 Å². The van der Waals surface area contributed by atoms with E-state index >= 15 is 0 Å². The highest BCUT2D eigenvalue weighted by Gasteiger charge is 2.12. The lowest BCUT2D eigenvalue weighted by Gasteiger charge is -2.11. The lowest BCUT2D eigenvalue weighted by Crippen LogP contribution is -2.18. The van der Waals surface area contributed by atoms with Crippen LogP contribution >= 0.6 is 11.3 Å². The number of aryl methyl sites for hydroxylation is 1. The van der Waals surface area contributed by atoms with Gasteiger partial charge in [0.15, 0.2) is 0 Å². The summed E-state index contributed by atoms with van der Waals surface area (Å²) in [5, 5.41) is 2.08. The first-order chi connectivity index (χ1) is 7.31. The quantitative estimate of drug-likeness (QED) is 0.860. The third-order valence-corrected chi connectivity index (χ3v) is 3.32. The Morgan fingerprint density at radius 2 is 2.47 bits per heavy atom. The van der Waals surface area contributed by atoms with Crippen molar-refractivity contribution >= 4 is 11.3 Å². The molecule has 4 heteroatoms. The molecule has 0 radical (unpaired) electrons. The first-order valence-electron chi connectivity index (χ1n) is 5.10. The number of thiophene rings is 1. The van der Waals surface area contributed by atoms with Crippen LogP contribution in [0.2, 0.25) is 0 Å². The highest BCUT2D eigenvalue weighted by molar-refractivity contribution is 7.09. The Labute approximate surface area is 93.6 Å². The first kappa shape index (κ1) is 10.4. The average molecular weight is 221 g/mol. The number of nitrogens with zero attached hydrogens (tertiary/aromatic N) is 2. The molecule has 0 fully saturated rings. The SMILES string of the molecule is CCn1ccnc1C(N)Cc1cccs1. The predicted octanol–water partition coefficient (Wildman–Crippen LogP) is 2.21. The molecule has 15 heavy (non-hydrogen) atoms. The molecule has 1 unspecified atom stereocenters. The highest BCUT2D eigenvalue weighted by atomic mass is 32.1. The van der Waals surface area contributed by atoms with Crippen LogP contribution in [0.4, 0.5) is 0 Å². The van der Waals surface area contributed by atoms with Gasteiger partial charge in [0.05, 0.1) is 6.04 Å². The number of nitrogens with two attached hydrogens (primary N) is 1. The molecular weight excluding hydrogens is 206 g/mol. The Morgan fingerprint density at radius 1 is 1.60 bits per heavy atom. The second-order valence-electron chi connectivity index (χ2n) is 3.46. The van der Waals surface area contributed by atoms with Crippen LogP contribution in [-0.2, 0) is 13.0 Å². The normalized spacial score (nSPS) is 12.9. The largest absolute Gasteiger partial charge is 0.334 e. The summed E-state index contributed by atoms with van der Waals surface area (Å²) in [4.78, 5) is 5.62. The molecule has 2 aromatic heterocycles. The Kier molecular flexibility index (Phi) is 3.18. The van der Waals surface area contributed by atoms with Crippen LogP contribution < -0.4 is 5.73 Å². The molecule has 0 bridgehead atoms. The second kappa shape index (κ2) is 4.59. The summed E-state index contributed by atoms with van der Waals surface area (Å²) < 4.78 is 2.10. The van der Waals surface area contributed by atoms with Crippen molar-refractivity contribution in [3.05, 3.63) is 40.6 Å². The number of imidazole rings is 1. The number of aromatic nitrogens is 2. The van der Waals surface area contributed by atoms with E-state index in [0.717, 1.165) is 18.8 Å². The molecule has 2 heterocycles. The van der Waals surface area contributed by atoms with E-state index in [1.54, 1.807) is 11.3 Å². The van der Waals surface area contributed by atoms with Gasteiger partial charge in [-0.25, -0.2) is 4.98 Å². The molecule has 0 saturated carbocycles. The van der Waals surface area contributed by atoms with Gasteiger partial charge in [0.1, 0.15) is 5.82 Å². The van der Waals surface area contributed by atoms with Crippen molar-refractivity contribution in [2.45, 2.75) is 25.9 Å². The third-order valence-electron chi connectivity index (χ3n) is 2.42. The van der Waals surface area contributed by atoms with Crippen LogP contribution in [0.5, 0.6) is 0 Å². The number of hydrogen-bond acceptors (Lipinski definition) is 3. The summed E-state index contributed by atoms with van der Waals surface area (Å²) in [5.74, 6) is 0.978. The maximum atomic E-state index is 6.13. The van der Waals surface area contributed by atoms with E-state index in [1.165, 1.54) is 4.88 Å². The van der Waals surface area contributed by atoms with Crippen LogP contribution in [0.3, 0.4) is 0 Å². The van der Waals surface area contributed by atoms with E-state index in [0.29, 0.717) is 0 Å². The van der Waals surface area contributed by atoms with Crippen molar-refractivity contribution in [3.8, 4) is 0 Å². The van der Waals surface area contributed by atoms with Gasteiger partial charge in [-0.3, -0.25) is 0 Å². The van der Waals surface area contributed by atoms with Crippen molar-refractivity contribution in [3.63, 3.8) is 0 Å². The molecule has 1 atom stereocenters. The van der Waals surface area contributed by atoms with Gasteiger partial charge < -0.3 is 10.3 Å². The van der Waals surface area contributed by atoms with Gasteiger partial charge in [-0.1, -0.05) is 6.07 Å². The smallest absolute Gasteiger partial charge is 0.125 e. The van der Waals surface area contributed by atoms with Crippen molar-refractivity contribution in [1.82, 2.24) is 9.55 Å². The summed E-state index contributed by atoms with van der Waals surface area (Å²) in [7, 11) is 0. The van der Waals surface area contributed by atoms with E-state index in [1.807, 2.05) is 12.4 Å². The third kappa shape index (κ3) is 2.27. The summed E-state index contributed by atoms with van der Waals surface area (Å²) in [6, 6.07) is 4.17. The minimum atomic E-state index is -0.00130. The molecule has 0 aliphatic rings. The average Bonchev–Trinajstić information content (AvgIpc) is 2.86. The maximum absolute atomic E-state index is 6.13. The van der Waals surface area contributed by atoms with E-state index in [-0.39, 0.29) is 6.04 Å². The van der Waals surface area contributed by atoms with Gasteiger partial charge in [-0.2, -0.15) is 0 Å². The van der Waals surface area contributed by atoms with E-state index in [9.17, 15) is 0 Å². The Hall–Kier alpha value is -1.13. The second-order valence-corrected chi connectivity index (χ2v) is 4.49. The number of hydrogen-bond donors (Lipinski definition) is 1. The van der Waals surface area contributed by atoms with Gasteiger partial charge in [-0.15, -0.1) is 11.3 Å². The summed E-state index contributed by atoms with van der Waals surface area (Å²) >= 11 is 1.74. The van der Waals surface area contributed by atoms with E-state index < -0.39 is 0 Å². The molecule has 3 nitrogen and oxygen atoms in total. The van der Waals surface area contributed by atoms with Gasteiger partial charge in [0.2, 0.25) is 0 Å². The van der Waals surface area contributed by atoms with Gasteiger partial charge >= 0.3 is 0 Å². The molecule has 0 aromatic carbocycles. The van der Waals surface area contributed by atoms with Crippen LogP contribution in [0.15, 0.2) is 29.9 Å². The molecule has 2 aromatic rings. The lowest BCUT2D eigenvalue weighted by atomic mass is 10.2. The van der Waals surface area contributed by atoms with Gasteiger partial charge in [-0.05, 0) is 18.4 Å². The molecule has 0 spiro atoms. The fraction of sp³-hybridized carbons (Fsp3) is 0.364. The van der Waals surface area contributed by atoms with Crippen LogP contribution in [0.1, 0.15) is 23.7 Å². The van der Waals surface area contributed by atoms with E-state index in [4.69, 9.17) is 5.73 Å². The van der Waals surface area contributed by atoms with Crippen LogP contribution in [0.25, 0.3) is 0 Å². The Morgan fingerprint density at radius 3 is 3.13 bits per heavy atom. The zero-order valence-corrected chi connectivity index (χ0v) is 9.57. The van der Waals surface area contributed by atoms with Crippen LogP contribution in [0, 0.1) is 0 Å². The fourth-order valence-electron chi connectivity index (χ4n) is 1.65. The monoisotopic (exact) mass is 221 g/mol. The fourth-order valence-corrected chi connectivity index (χ4v) is 2.42. The highest BCUT2D eigenvalue weighted by Crippen LogP contribution is 2.18. The summed E-state index contributed by atoms with van der Waals surface area (Å²) in [6.07, 6.45) is 4.66. The molecule has 80 valence electrons. The first-order valence-corrected chi connectivity index (χ1v) is 5.98. The maximum Gasteiger partial charge on any atom is 0.125 e. The zero-order valence-electron chi connectivity index (χ0n) is 8.76. The van der Waals surface area contributed by atoms with Crippen molar-refractivity contribution < 1.29 is 0 Å². The summed E-state index contributed by atoms with van der Waals surface area (Å²) in [5.41, 5.74) is 6.13. The standard InChI is InChI=1S/C11H15N3S/c1-2-14-6-5-13-11(14)10(12)8-9-4-3-7-15-9/h3-7,10H,2,8,12H2,1H3. The molecule has 0 aliphatic heterocycles. The lowest BCUT2D eigenvalue weighted by molar-refractivity contribution is 0.603. The van der Waals surface area contributed by atoms with Gasteiger partial charge in [0, 0.05) is 30.2 Å². The molecule has 0 aliphatic carbocycles. The molecule has 0 amide bonds. The van der Waals surface area contributed by atoms with E-state index in [2.05, 4.69) is 34.0 Å². The summed E-state index contributed by atoms with van der Waals surface area (Å²) in [6.45, 7) is 3.02. The van der Waals surface area contributed by atoms with Gasteiger partial charge in [0.25, 0.3) is 0 Å². The molecule has 0 saturated heterocycles. The van der Waals surface area contributed by atoms with Crippen molar-refractivity contribution in [1.29, 1.82) is 0 Å². The minimum absolute atomic E-state index is 0.00130. The minimum Gasteiger partial charge on any atom is -0.334 e. The molecular formula is C11H15N3S. The predicted molar refractivity (Wildman–Crippen MR) is 62.9 cm³/mol. The Bertz CT molecular complexity index is 405. The van der Waals surface area contributed by atoms with Crippen molar-refractivity contribution in [2.24, 2.45) is 5.73 Å². The zero-order chi connectivity index (χ0) is 10.7. The molecule has 2 N–H and O–H groups in total. The Balaban J connectivity index is 2.11. The van der Waals surface area contributed by atoms with Crippen molar-refractivity contribution in [2.75, 3.05) is 0 Å². The number of rotatable bonds is 4. The molecule has 2 rings (SSSR count).